The van der Waals surface area contributed by atoms with Crippen LogP contribution in [-0.4, -0.2) is 19.5 Å². The third-order valence-electron chi connectivity index (χ3n) is 4.66. The standard InChI is InChI=1S/C16H22ClN3O/c1-20(9-10-5-3-2-4-6-10)14-8-13-11(7-12(14)17)15(18)16(21)19-13/h7-8,10,15H,2-6,9,18H2,1H3,(H,19,21). The summed E-state index contributed by atoms with van der Waals surface area (Å²) in [4.78, 5) is 13.9. The smallest absolute Gasteiger partial charge is 0.245 e. The molecule has 0 radical (unpaired) electrons. The fourth-order valence-electron chi connectivity index (χ4n) is 3.44. The lowest BCUT2D eigenvalue weighted by Crippen LogP contribution is -2.27. The zero-order valence-corrected chi connectivity index (χ0v) is 13.1. The van der Waals surface area contributed by atoms with Crippen LogP contribution in [0, 0.1) is 5.92 Å². The molecule has 21 heavy (non-hydrogen) atoms. The van der Waals surface area contributed by atoms with Crippen LogP contribution in [0.25, 0.3) is 0 Å². The molecule has 0 aromatic heterocycles. The van der Waals surface area contributed by atoms with Crippen molar-refractivity contribution in [3.05, 3.63) is 22.7 Å². The van der Waals surface area contributed by atoms with Gasteiger partial charge in [-0.2, -0.15) is 0 Å². The van der Waals surface area contributed by atoms with Crippen molar-refractivity contribution in [3.63, 3.8) is 0 Å². The summed E-state index contributed by atoms with van der Waals surface area (Å²) in [5.74, 6) is 0.582. The SMILES string of the molecule is CN(CC1CCCCC1)c1cc2c(cc1Cl)C(N)C(=O)N2. The van der Waals surface area contributed by atoms with Gasteiger partial charge >= 0.3 is 0 Å². The van der Waals surface area contributed by atoms with Crippen LogP contribution < -0.4 is 16.0 Å². The van der Waals surface area contributed by atoms with Crippen molar-refractivity contribution in [1.82, 2.24) is 0 Å². The number of halogens is 1. The van der Waals surface area contributed by atoms with Crippen molar-refractivity contribution in [2.24, 2.45) is 11.7 Å². The molecule has 1 amide bonds. The number of amides is 1. The summed E-state index contributed by atoms with van der Waals surface area (Å²) < 4.78 is 0. The summed E-state index contributed by atoms with van der Waals surface area (Å²) in [5.41, 5.74) is 8.40. The molecular formula is C16H22ClN3O. The van der Waals surface area contributed by atoms with E-state index in [-0.39, 0.29) is 5.91 Å². The van der Waals surface area contributed by atoms with Crippen molar-refractivity contribution in [2.45, 2.75) is 38.1 Å². The van der Waals surface area contributed by atoms with E-state index in [1.807, 2.05) is 12.1 Å². The van der Waals surface area contributed by atoms with Gasteiger partial charge in [0.15, 0.2) is 0 Å². The lowest BCUT2D eigenvalue weighted by molar-refractivity contribution is -0.116. The third-order valence-corrected chi connectivity index (χ3v) is 4.97. The van der Waals surface area contributed by atoms with E-state index in [0.717, 1.165) is 29.4 Å². The lowest BCUT2D eigenvalue weighted by atomic mass is 9.89. The molecule has 1 aromatic carbocycles. The average Bonchev–Trinajstić information content (AvgIpc) is 2.74. The molecule has 0 spiro atoms. The molecule has 3 N–H and O–H groups in total. The van der Waals surface area contributed by atoms with Crippen molar-refractivity contribution >= 4 is 28.9 Å². The maximum atomic E-state index is 11.6. The van der Waals surface area contributed by atoms with E-state index >= 15 is 0 Å². The topological polar surface area (TPSA) is 58.4 Å². The fraction of sp³-hybridized carbons (Fsp3) is 0.562. The molecule has 1 atom stereocenters. The molecule has 5 heteroatoms. The van der Waals surface area contributed by atoms with Crippen molar-refractivity contribution in [2.75, 3.05) is 23.8 Å². The average molecular weight is 308 g/mol. The van der Waals surface area contributed by atoms with Crippen LogP contribution in [0.5, 0.6) is 0 Å². The van der Waals surface area contributed by atoms with Gasteiger partial charge in [0.1, 0.15) is 6.04 Å². The zero-order chi connectivity index (χ0) is 15.0. The minimum absolute atomic E-state index is 0.159. The van der Waals surface area contributed by atoms with Gasteiger partial charge in [0, 0.05) is 24.8 Å². The Morgan fingerprint density at radius 1 is 1.33 bits per heavy atom. The third kappa shape index (κ3) is 2.87. The summed E-state index contributed by atoms with van der Waals surface area (Å²) in [7, 11) is 2.07. The molecule has 4 nitrogen and oxygen atoms in total. The Hall–Kier alpha value is -1.26. The number of carbonyl (C=O) groups excluding carboxylic acids is 1. The molecule has 1 aliphatic carbocycles. The van der Waals surface area contributed by atoms with E-state index < -0.39 is 6.04 Å². The van der Waals surface area contributed by atoms with Crippen LogP contribution >= 0.6 is 11.6 Å². The van der Waals surface area contributed by atoms with Gasteiger partial charge in [-0.15, -0.1) is 0 Å². The van der Waals surface area contributed by atoms with E-state index in [2.05, 4.69) is 17.3 Å². The van der Waals surface area contributed by atoms with E-state index in [4.69, 9.17) is 17.3 Å². The van der Waals surface area contributed by atoms with Crippen LogP contribution in [0.2, 0.25) is 5.02 Å². The molecule has 2 aliphatic rings. The van der Waals surface area contributed by atoms with E-state index in [0.29, 0.717) is 5.02 Å². The largest absolute Gasteiger partial charge is 0.373 e. The minimum Gasteiger partial charge on any atom is -0.373 e. The van der Waals surface area contributed by atoms with Gasteiger partial charge in [0.05, 0.1) is 10.7 Å². The Bertz CT molecular complexity index is 555. The van der Waals surface area contributed by atoms with Gasteiger partial charge in [-0.25, -0.2) is 0 Å². The van der Waals surface area contributed by atoms with E-state index in [9.17, 15) is 4.79 Å². The summed E-state index contributed by atoms with van der Waals surface area (Å²) in [6.45, 7) is 1.01. The quantitative estimate of drug-likeness (QED) is 0.900. The number of nitrogens with one attached hydrogen (secondary N) is 1. The Labute approximate surface area is 130 Å². The Balaban J connectivity index is 1.79. The number of nitrogens with two attached hydrogens (primary N) is 1. The number of nitrogens with zero attached hydrogens (tertiary/aromatic N) is 1. The maximum absolute atomic E-state index is 11.6. The van der Waals surface area contributed by atoms with Crippen LogP contribution in [0.15, 0.2) is 12.1 Å². The van der Waals surface area contributed by atoms with Crippen molar-refractivity contribution in [1.29, 1.82) is 0 Å². The molecule has 1 saturated carbocycles. The highest BCUT2D eigenvalue weighted by molar-refractivity contribution is 6.33. The normalized spacial score (nSPS) is 22.0. The van der Waals surface area contributed by atoms with Crippen LogP contribution in [-0.2, 0) is 4.79 Å². The highest BCUT2D eigenvalue weighted by Gasteiger charge is 2.29. The van der Waals surface area contributed by atoms with E-state index in [1.54, 1.807) is 0 Å². The number of rotatable bonds is 3. The summed E-state index contributed by atoms with van der Waals surface area (Å²) in [6, 6.07) is 3.17. The molecule has 114 valence electrons. The Morgan fingerprint density at radius 2 is 2.05 bits per heavy atom. The number of benzene rings is 1. The second kappa shape index (κ2) is 5.85. The zero-order valence-electron chi connectivity index (χ0n) is 12.4. The second-order valence-corrected chi connectivity index (χ2v) is 6.65. The van der Waals surface area contributed by atoms with Gasteiger partial charge in [-0.3, -0.25) is 4.79 Å². The van der Waals surface area contributed by atoms with Gasteiger partial charge < -0.3 is 16.0 Å². The number of fused-ring (bicyclic) bond motifs is 1. The highest BCUT2D eigenvalue weighted by atomic mass is 35.5. The predicted molar refractivity (Wildman–Crippen MR) is 86.9 cm³/mol. The molecule has 3 rings (SSSR count). The van der Waals surface area contributed by atoms with Gasteiger partial charge in [0.2, 0.25) is 5.91 Å². The first-order valence-electron chi connectivity index (χ1n) is 7.67. The van der Waals surface area contributed by atoms with Crippen LogP contribution in [0.1, 0.15) is 43.7 Å². The first-order chi connectivity index (χ1) is 10.1. The van der Waals surface area contributed by atoms with Gasteiger partial charge in [0.25, 0.3) is 0 Å². The first kappa shape index (κ1) is 14.7. The Morgan fingerprint density at radius 3 is 2.76 bits per heavy atom. The lowest BCUT2D eigenvalue weighted by Gasteiger charge is -2.29. The molecule has 0 bridgehead atoms. The molecule has 1 fully saturated rings. The number of anilines is 2. The maximum Gasteiger partial charge on any atom is 0.245 e. The molecule has 1 aromatic rings. The van der Waals surface area contributed by atoms with Crippen molar-refractivity contribution < 1.29 is 4.79 Å². The second-order valence-electron chi connectivity index (χ2n) is 6.24. The summed E-state index contributed by atoms with van der Waals surface area (Å²) >= 11 is 6.40. The highest BCUT2D eigenvalue weighted by Crippen LogP contribution is 2.38. The van der Waals surface area contributed by atoms with Gasteiger partial charge in [-0.05, 0) is 30.9 Å². The fourth-order valence-corrected chi connectivity index (χ4v) is 3.76. The summed E-state index contributed by atoms with van der Waals surface area (Å²) in [6.07, 6.45) is 6.63. The van der Waals surface area contributed by atoms with E-state index in [1.165, 1.54) is 32.1 Å². The number of hydrogen-bond donors (Lipinski definition) is 2. The van der Waals surface area contributed by atoms with Gasteiger partial charge in [-0.1, -0.05) is 30.9 Å². The van der Waals surface area contributed by atoms with Crippen LogP contribution in [0.4, 0.5) is 11.4 Å². The minimum atomic E-state index is -0.602. The van der Waals surface area contributed by atoms with Crippen LogP contribution in [0.3, 0.4) is 0 Å². The number of hydrogen-bond acceptors (Lipinski definition) is 3. The Kier molecular flexibility index (Phi) is 4.09. The number of carbonyl (C=O) groups is 1. The molecule has 0 saturated heterocycles. The monoisotopic (exact) mass is 307 g/mol. The molecule has 1 unspecified atom stereocenters. The molecular weight excluding hydrogens is 286 g/mol. The first-order valence-corrected chi connectivity index (χ1v) is 8.05. The summed E-state index contributed by atoms with van der Waals surface area (Å²) in [5, 5.41) is 3.49. The predicted octanol–water partition coefficient (Wildman–Crippen LogP) is 3.31. The molecule has 1 heterocycles. The molecule has 1 aliphatic heterocycles. The van der Waals surface area contributed by atoms with Crippen molar-refractivity contribution in [3.8, 4) is 0 Å².